The molecule has 1 rings (SSSR count). The molecule has 0 aromatic heterocycles. The Morgan fingerprint density at radius 1 is 1.50 bits per heavy atom. The van der Waals surface area contributed by atoms with Crippen molar-refractivity contribution in [1.29, 1.82) is 0 Å². The van der Waals surface area contributed by atoms with Crippen molar-refractivity contribution in [1.82, 2.24) is 0 Å². The van der Waals surface area contributed by atoms with Gasteiger partial charge in [-0.25, -0.2) is 4.79 Å². The van der Waals surface area contributed by atoms with E-state index in [4.69, 9.17) is 10.2 Å². The maximum absolute atomic E-state index is 10.8. The summed E-state index contributed by atoms with van der Waals surface area (Å²) in [6.07, 6.45) is 0. The summed E-state index contributed by atoms with van der Waals surface area (Å²) < 4.78 is 0. The largest absolute Gasteiger partial charge is 0.478 e. The highest BCUT2D eigenvalue weighted by molar-refractivity contribution is 5.90. The van der Waals surface area contributed by atoms with Crippen LogP contribution in [0.5, 0.6) is 0 Å². The Kier molecular flexibility index (Phi) is 3.27. The van der Waals surface area contributed by atoms with Gasteiger partial charge in [-0.2, -0.15) is 0 Å². The molecule has 3 nitrogen and oxygen atoms in total. The van der Waals surface area contributed by atoms with Crippen LogP contribution in [0, 0.1) is 18.8 Å². The molecule has 14 heavy (non-hydrogen) atoms. The second kappa shape index (κ2) is 4.45. The van der Waals surface area contributed by atoms with Crippen LogP contribution in [-0.4, -0.2) is 22.8 Å². The SMILES string of the molecule is Cc1c(C#CCO)cccc1C(=O)O. The van der Waals surface area contributed by atoms with E-state index in [0.29, 0.717) is 11.1 Å². The van der Waals surface area contributed by atoms with E-state index < -0.39 is 5.97 Å². The van der Waals surface area contributed by atoms with Crippen LogP contribution < -0.4 is 0 Å². The van der Waals surface area contributed by atoms with Crippen molar-refractivity contribution in [3.8, 4) is 11.8 Å². The Bertz CT molecular complexity index is 410. The summed E-state index contributed by atoms with van der Waals surface area (Å²) in [7, 11) is 0. The number of benzene rings is 1. The van der Waals surface area contributed by atoms with Gasteiger partial charge in [0, 0.05) is 5.56 Å². The number of carboxylic acids is 1. The second-order valence-electron chi connectivity index (χ2n) is 2.74. The third kappa shape index (κ3) is 2.12. The average Bonchev–Trinajstić information content (AvgIpc) is 2.16. The van der Waals surface area contributed by atoms with Crippen molar-refractivity contribution >= 4 is 5.97 Å². The Labute approximate surface area is 82.0 Å². The van der Waals surface area contributed by atoms with Gasteiger partial charge < -0.3 is 10.2 Å². The molecule has 0 fully saturated rings. The number of rotatable bonds is 1. The fraction of sp³-hybridized carbons (Fsp3) is 0.182. The van der Waals surface area contributed by atoms with Crippen molar-refractivity contribution in [2.24, 2.45) is 0 Å². The molecule has 72 valence electrons. The zero-order valence-electron chi connectivity index (χ0n) is 7.74. The minimum absolute atomic E-state index is 0.225. The van der Waals surface area contributed by atoms with Gasteiger partial charge in [0.2, 0.25) is 0 Å². The van der Waals surface area contributed by atoms with Crippen molar-refractivity contribution in [3.63, 3.8) is 0 Å². The van der Waals surface area contributed by atoms with E-state index in [1.807, 2.05) is 0 Å². The molecular formula is C11H10O3. The van der Waals surface area contributed by atoms with Crippen LogP contribution in [0.4, 0.5) is 0 Å². The molecule has 0 aliphatic carbocycles. The van der Waals surface area contributed by atoms with Crippen molar-refractivity contribution in [2.75, 3.05) is 6.61 Å². The highest BCUT2D eigenvalue weighted by atomic mass is 16.4. The van der Waals surface area contributed by atoms with E-state index in [1.54, 1.807) is 19.1 Å². The molecule has 0 heterocycles. The third-order valence-electron chi connectivity index (χ3n) is 1.87. The van der Waals surface area contributed by atoms with Crippen LogP contribution >= 0.6 is 0 Å². The average molecular weight is 190 g/mol. The predicted octanol–water partition coefficient (Wildman–Crippen LogP) is 1.04. The highest BCUT2D eigenvalue weighted by Gasteiger charge is 2.07. The zero-order chi connectivity index (χ0) is 10.6. The maximum atomic E-state index is 10.8. The topological polar surface area (TPSA) is 57.5 Å². The Morgan fingerprint density at radius 2 is 2.21 bits per heavy atom. The van der Waals surface area contributed by atoms with Gasteiger partial charge >= 0.3 is 5.97 Å². The zero-order valence-corrected chi connectivity index (χ0v) is 7.74. The van der Waals surface area contributed by atoms with Gasteiger partial charge in [-0.15, -0.1) is 0 Å². The van der Waals surface area contributed by atoms with Gasteiger partial charge in [-0.3, -0.25) is 0 Å². The Balaban J connectivity index is 3.20. The van der Waals surface area contributed by atoms with Crippen LogP contribution in [0.25, 0.3) is 0 Å². The van der Waals surface area contributed by atoms with Crippen LogP contribution in [-0.2, 0) is 0 Å². The molecule has 0 unspecified atom stereocenters. The number of aliphatic hydroxyl groups is 1. The van der Waals surface area contributed by atoms with Gasteiger partial charge in [-0.05, 0) is 24.6 Å². The fourth-order valence-electron chi connectivity index (χ4n) is 1.14. The minimum atomic E-state index is -0.963. The van der Waals surface area contributed by atoms with E-state index >= 15 is 0 Å². The lowest BCUT2D eigenvalue weighted by Gasteiger charge is -2.01. The first-order valence-corrected chi connectivity index (χ1v) is 4.09. The summed E-state index contributed by atoms with van der Waals surface area (Å²) in [5.41, 5.74) is 1.51. The van der Waals surface area contributed by atoms with Gasteiger partial charge in [-0.1, -0.05) is 17.9 Å². The molecule has 0 amide bonds. The van der Waals surface area contributed by atoms with Gasteiger partial charge in [0.25, 0.3) is 0 Å². The fourth-order valence-corrected chi connectivity index (χ4v) is 1.14. The molecule has 0 radical (unpaired) electrons. The highest BCUT2D eigenvalue weighted by Crippen LogP contribution is 2.12. The summed E-state index contributed by atoms with van der Waals surface area (Å²) in [4.78, 5) is 10.8. The third-order valence-corrected chi connectivity index (χ3v) is 1.87. The molecule has 0 saturated carbocycles. The molecule has 1 aromatic carbocycles. The lowest BCUT2D eigenvalue weighted by atomic mass is 10.0. The molecule has 0 saturated heterocycles. The summed E-state index contributed by atoms with van der Waals surface area (Å²) in [6, 6.07) is 4.89. The first-order valence-electron chi connectivity index (χ1n) is 4.09. The quantitative estimate of drug-likeness (QED) is 0.650. The molecule has 0 atom stereocenters. The predicted molar refractivity (Wildman–Crippen MR) is 52.1 cm³/mol. The van der Waals surface area contributed by atoms with Gasteiger partial charge in [0.05, 0.1) is 5.56 Å². The number of carbonyl (C=O) groups is 1. The standard InChI is InChI=1S/C11H10O3/c1-8-9(5-3-7-12)4-2-6-10(8)11(13)14/h2,4,6,12H,7H2,1H3,(H,13,14). The number of aliphatic hydroxyl groups excluding tert-OH is 1. The maximum Gasteiger partial charge on any atom is 0.335 e. The summed E-state index contributed by atoms with van der Waals surface area (Å²) in [6.45, 7) is 1.47. The van der Waals surface area contributed by atoms with Crippen molar-refractivity contribution in [3.05, 3.63) is 34.9 Å². The first kappa shape index (κ1) is 10.3. The first-order chi connectivity index (χ1) is 6.66. The summed E-state index contributed by atoms with van der Waals surface area (Å²) in [5, 5.41) is 17.3. The molecule has 0 aliphatic rings. The molecule has 0 bridgehead atoms. The number of hydrogen-bond acceptors (Lipinski definition) is 2. The van der Waals surface area contributed by atoms with Gasteiger partial charge in [0.15, 0.2) is 0 Å². The monoisotopic (exact) mass is 190 g/mol. The molecule has 3 heteroatoms. The van der Waals surface area contributed by atoms with E-state index in [2.05, 4.69) is 11.8 Å². The molecule has 2 N–H and O–H groups in total. The Hall–Kier alpha value is -1.79. The molecule has 1 aromatic rings. The van der Waals surface area contributed by atoms with E-state index in [1.165, 1.54) is 6.07 Å². The molecule has 0 spiro atoms. The smallest absolute Gasteiger partial charge is 0.335 e. The van der Waals surface area contributed by atoms with E-state index in [0.717, 1.165) is 0 Å². The number of carboxylic acid groups (broad SMARTS) is 1. The van der Waals surface area contributed by atoms with Crippen LogP contribution in [0.3, 0.4) is 0 Å². The molecular weight excluding hydrogens is 180 g/mol. The lowest BCUT2D eigenvalue weighted by molar-refractivity contribution is 0.0696. The van der Waals surface area contributed by atoms with Gasteiger partial charge in [0.1, 0.15) is 6.61 Å². The van der Waals surface area contributed by atoms with Crippen LogP contribution in [0.2, 0.25) is 0 Å². The molecule has 0 aliphatic heterocycles. The lowest BCUT2D eigenvalue weighted by Crippen LogP contribution is -2.00. The van der Waals surface area contributed by atoms with Crippen LogP contribution in [0.15, 0.2) is 18.2 Å². The van der Waals surface area contributed by atoms with Crippen LogP contribution in [0.1, 0.15) is 21.5 Å². The van der Waals surface area contributed by atoms with E-state index in [9.17, 15) is 4.79 Å². The van der Waals surface area contributed by atoms with Crippen molar-refractivity contribution < 1.29 is 15.0 Å². The Morgan fingerprint density at radius 3 is 2.79 bits per heavy atom. The number of aromatic carboxylic acids is 1. The normalized spacial score (nSPS) is 9.00. The number of hydrogen-bond donors (Lipinski definition) is 2. The second-order valence-corrected chi connectivity index (χ2v) is 2.74. The summed E-state index contributed by atoms with van der Waals surface area (Å²) in [5.74, 6) is 4.22. The summed E-state index contributed by atoms with van der Waals surface area (Å²) >= 11 is 0. The van der Waals surface area contributed by atoms with Crippen molar-refractivity contribution in [2.45, 2.75) is 6.92 Å². The van der Waals surface area contributed by atoms with E-state index in [-0.39, 0.29) is 12.2 Å². The minimum Gasteiger partial charge on any atom is -0.478 e.